The van der Waals surface area contributed by atoms with Crippen LogP contribution in [0.2, 0.25) is 0 Å². The number of hydrogen-bond acceptors (Lipinski definition) is 0. The molecular formula is C11H19. The highest BCUT2D eigenvalue weighted by atomic mass is 13.8. The second kappa shape index (κ2) is 12.0. The summed E-state index contributed by atoms with van der Waals surface area (Å²) in [5, 5.41) is 0. The van der Waals surface area contributed by atoms with Gasteiger partial charge < -0.3 is 0 Å². The van der Waals surface area contributed by atoms with E-state index in [0.717, 1.165) is 0 Å². The summed E-state index contributed by atoms with van der Waals surface area (Å²) in [6, 6.07) is 0. The summed E-state index contributed by atoms with van der Waals surface area (Å²) >= 11 is 0. The summed E-state index contributed by atoms with van der Waals surface area (Å²) in [6.07, 6.45) is 9.81. The van der Waals surface area contributed by atoms with Crippen molar-refractivity contribution in [2.45, 2.75) is 27.7 Å². The second-order valence-electron chi connectivity index (χ2n) is 1.84. The third-order valence-corrected chi connectivity index (χ3v) is 0.932. The van der Waals surface area contributed by atoms with Crippen LogP contribution in [0.5, 0.6) is 0 Å². The fourth-order valence-corrected chi connectivity index (χ4v) is 0.489. The minimum atomic E-state index is 1.23. The van der Waals surface area contributed by atoms with Gasteiger partial charge in [-0.3, -0.25) is 0 Å². The van der Waals surface area contributed by atoms with E-state index in [4.69, 9.17) is 0 Å². The first-order chi connectivity index (χ1) is 5.31. The summed E-state index contributed by atoms with van der Waals surface area (Å²) in [4.78, 5) is 0. The Morgan fingerprint density at radius 1 is 1.27 bits per heavy atom. The maximum Gasteiger partial charge on any atom is -0.0198 e. The van der Waals surface area contributed by atoms with E-state index >= 15 is 0 Å². The van der Waals surface area contributed by atoms with Gasteiger partial charge in [-0.1, -0.05) is 57.2 Å². The SMILES string of the molecule is C=C/C=C(C)\C=C/[CH]C.CC. The van der Waals surface area contributed by atoms with E-state index in [1.54, 1.807) is 6.08 Å². The molecule has 0 aliphatic carbocycles. The quantitative estimate of drug-likeness (QED) is 0.536. The van der Waals surface area contributed by atoms with Crippen LogP contribution < -0.4 is 0 Å². The molecule has 0 saturated carbocycles. The Hall–Kier alpha value is -0.780. The molecule has 0 heteroatoms. The van der Waals surface area contributed by atoms with Gasteiger partial charge in [0.2, 0.25) is 0 Å². The fraction of sp³-hybridized carbons (Fsp3) is 0.364. The molecule has 0 spiro atoms. The van der Waals surface area contributed by atoms with Gasteiger partial charge in [0.15, 0.2) is 0 Å². The van der Waals surface area contributed by atoms with Gasteiger partial charge >= 0.3 is 0 Å². The smallest absolute Gasteiger partial charge is 0.0198 e. The van der Waals surface area contributed by atoms with Crippen molar-refractivity contribution in [2.24, 2.45) is 0 Å². The Labute approximate surface area is 71.3 Å². The average Bonchev–Trinajstić information content (AvgIpc) is 2.05. The second-order valence-corrected chi connectivity index (χ2v) is 1.84. The van der Waals surface area contributed by atoms with Crippen LogP contribution in [0.1, 0.15) is 27.7 Å². The molecule has 0 bridgehead atoms. The lowest BCUT2D eigenvalue weighted by atomic mass is 10.2. The van der Waals surface area contributed by atoms with Gasteiger partial charge in [-0.15, -0.1) is 0 Å². The van der Waals surface area contributed by atoms with Crippen molar-refractivity contribution < 1.29 is 0 Å². The van der Waals surface area contributed by atoms with E-state index in [1.165, 1.54) is 5.57 Å². The molecule has 0 amide bonds. The molecule has 63 valence electrons. The summed E-state index contributed by atoms with van der Waals surface area (Å²) in [7, 11) is 0. The maximum absolute atomic E-state index is 3.59. The van der Waals surface area contributed by atoms with Crippen LogP contribution in [0.4, 0.5) is 0 Å². The molecule has 0 unspecified atom stereocenters. The summed E-state index contributed by atoms with van der Waals surface area (Å²) < 4.78 is 0. The lowest BCUT2D eigenvalue weighted by molar-refractivity contribution is 1.48. The van der Waals surface area contributed by atoms with E-state index in [2.05, 4.69) is 6.58 Å². The summed E-state index contributed by atoms with van der Waals surface area (Å²) in [6.45, 7) is 11.6. The zero-order chi connectivity index (χ0) is 9.11. The first-order valence-electron chi connectivity index (χ1n) is 4.06. The van der Waals surface area contributed by atoms with E-state index in [0.29, 0.717) is 0 Å². The van der Waals surface area contributed by atoms with Crippen molar-refractivity contribution in [1.29, 1.82) is 0 Å². The van der Waals surface area contributed by atoms with Crippen molar-refractivity contribution in [1.82, 2.24) is 0 Å². The van der Waals surface area contributed by atoms with Crippen molar-refractivity contribution >= 4 is 0 Å². The maximum atomic E-state index is 3.59. The van der Waals surface area contributed by atoms with E-state index < -0.39 is 0 Å². The van der Waals surface area contributed by atoms with Crippen molar-refractivity contribution in [3.05, 3.63) is 42.9 Å². The largest absolute Gasteiger partial charge is 0.0991 e. The normalized spacial score (nSPS) is 10.7. The van der Waals surface area contributed by atoms with Crippen LogP contribution >= 0.6 is 0 Å². The molecule has 0 heterocycles. The van der Waals surface area contributed by atoms with Crippen LogP contribution in [0.25, 0.3) is 0 Å². The molecule has 0 N–H and O–H groups in total. The van der Waals surface area contributed by atoms with Crippen molar-refractivity contribution in [2.75, 3.05) is 0 Å². The van der Waals surface area contributed by atoms with Gasteiger partial charge in [0.25, 0.3) is 0 Å². The Balaban J connectivity index is 0. The third-order valence-electron chi connectivity index (χ3n) is 0.932. The molecule has 11 heavy (non-hydrogen) atoms. The zero-order valence-corrected chi connectivity index (χ0v) is 8.09. The zero-order valence-electron chi connectivity index (χ0n) is 8.09. The minimum Gasteiger partial charge on any atom is -0.0991 e. The monoisotopic (exact) mass is 151 g/mol. The Kier molecular flexibility index (Phi) is 14.0. The third kappa shape index (κ3) is 12.4. The van der Waals surface area contributed by atoms with Crippen LogP contribution in [0, 0.1) is 6.42 Å². The molecule has 0 aliphatic rings. The van der Waals surface area contributed by atoms with E-state index in [-0.39, 0.29) is 0 Å². The number of allylic oxidation sites excluding steroid dienone is 5. The average molecular weight is 151 g/mol. The molecule has 0 rings (SSSR count). The molecule has 0 fully saturated rings. The molecule has 0 saturated heterocycles. The fourth-order valence-electron chi connectivity index (χ4n) is 0.489. The molecule has 0 aromatic heterocycles. The number of rotatable bonds is 3. The van der Waals surface area contributed by atoms with Gasteiger partial charge in [0.1, 0.15) is 0 Å². The topological polar surface area (TPSA) is 0 Å². The van der Waals surface area contributed by atoms with Crippen LogP contribution in [-0.2, 0) is 0 Å². The highest BCUT2D eigenvalue weighted by Gasteiger charge is 1.74. The van der Waals surface area contributed by atoms with E-state index in [9.17, 15) is 0 Å². The Morgan fingerprint density at radius 3 is 2.18 bits per heavy atom. The van der Waals surface area contributed by atoms with Crippen molar-refractivity contribution in [3.63, 3.8) is 0 Å². The first kappa shape index (κ1) is 12.9. The van der Waals surface area contributed by atoms with E-state index in [1.807, 2.05) is 52.3 Å². The summed E-state index contributed by atoms with van der Waals surface area (Å²) in [5.41, 5.74) is 1.23. The molecule has 0 aromatic rings. The predicted octanol–water partition coefficient (Wildman–Crippen LogP) is 3.93. The van der Waals surface area contributed by atoms with Gasteiger partial charge in [-0.25, -0.2) is 0 Å². The molecule has 0 atom stereocenters. The highest BCUT2D eigenvalue weighted by molar-refractivity contribution is 5.21. The Bertz CT molecular complexity index is 127. The molecular weight excluding hydrogens is 132 g/mol. The number of hydrogen-bond donors (Lipinski definition) is 0. The van der Waals surface area contributed by atoms with Gasteiger partial charge in [-0.05, 0) is 13.3 Å². The van der Waals surface area contributed by atoms with Gasteiger partial charge in [0.05, 0.1) is 0 Å². The standard InChI is InChI=1S/C9H13.C2H6/c1-4-6-8-9(3)7-5-2;1-2/h4-8H,2H2,1,3H3;1-2H3/b8-6-,9-7-;. The minimum absolute atomic E-state index is 1.23. The van der Waals surface area contributed by atoms with Crippen LogP contribution in [-0.4, -0.2) is 0 Å². The lowest BCUT2D eigenvalue weighted by Crippen LogP contribution is -1.64. The van der Waals surface area contributed by atoms with Gasteiger partial charge in [-0.2, -0.15) is 0 Å². The molecule has 0 aliphatic heterocycles. The lowest BCUT2D eigenvalue weighted by Gasteiger charge is -1.84. The predicted molar refractivity (Wildman–Crippen MR) is 54.4 cm³/mol. The molecule has 0 nitrogen and oxygen atoms in total. The highest BCUT2D eigenvalue weighted by Crippen LogP contribution is 1.94. The molecule has 0 aromatic carbocycles. The van der Waals surface area contributed by atoms with Gasteiger partial charge in [0, 0.05) is 0 Å². The molecule has 1 radical (unpaired) electrons. The van der Waals surface area contributed by atoms with Crippen molar-refractivity contribution in [3.8, 4) is 0 Å². The van der Waals surface area contributed by atoms with Crippen LogP contribution in [0.3, 0.4) is 0 Å². The summed E-state index contributed by atoms with van der Waals surface area (Å²) in [5.74, 6) is 0. The Morgan fingerprint density at radius 2 is 1.82 bits per heavy atom. The first-order valence-corrected chi connectivity index (χ1v) is 4.06. The van der Waals surface area contributed by atoms with Crippen LogP contribution in [0.15, 0.2) is 36.5 Å².